The molecule has 3 aromatic rings. The molecule has 3 aromatic carbocycles. The zero-order chi connectivity index (χ0) is 38.1. The first-order chi connectivity index (χ1) is 24.7. The number of carbonyl (C=O) groups excluding carboxylic acids is 2. The molecule has 0 bridgehead atoms. The van der Waals surface area contributed by atoms with E-state index in [0.29, 0.717) is 24.4 Å². The van der Waals surface area contributed by atoms with E-state index in [1.165, 1.54) is 18.2 Å². The molecular formula is C37H41N5O10. The minimum atomic E-state index is -1.29. The summed E-state index contributed by atoms with van der Waals surface area (Å²) in [6.45, 7) is 6.05. The Morgan fingerprint density at radius 3 is 1.98 bits per heavy atom. The molecule has 1 saturated heterocycles. The van der Waals surface area contributed by atoms with Crippen LogP contribution in [0.2, 0.25) is 0 Å². The Morgan fingerprint density at radius 2 is 1.50 bits per heavy atom. The van der Waals surface area contributed by atoms with Crippen molar-refractivity contribution in [1.82, 2.24) is 10.2 Å². The topological polar surface area (TPSA) is 238 Å². The summed E-state index contributed by atoms with van der Waals surface area (Å²) in [6, 6.07) is 24.7. The molecule has 2 aliphatic heterocycles. The molecule has 52 heavy (non-hydrogen) atoms. The van der Waals surface area contributed by atoms with Crippen molar-refractivity contribution in [2.75, 3.05) is 13.1 Å². The van der Waals surface area contributed by atoms with Gasteiger partial charge in [-0.05, 0) is 37.5 Å². The van der Waals surface area contributed by atoms with Crippen molar-refractivity contribution in [2.24, 2.45) is 11.5 Å². The highest BCUT2D eigenvalue weighted by molar-refractivity contribution is 6.00. The first-order valence-corrected chi connectivity index (χ1v) is 16.4. The van der Waals surface area contributed by atoms with Gasteiger partial charge in [0.05, 0.1) is 40.6 Å². The number of ether oxygens (including phenoxy) is 2. The molecule has 15 heteroatoms. The molecule has 7 N–H and O–H groups in total. The van der Waals surface area contributed by atoms with Crippen molar-refractivity contribution >= 4 is 29.6 Å². The SMILES string of the molecule is CC1=C(C(=O)OC(C)C)C(c2cccc([N+](=O)[O-])c2)C(C(=O)OC2CN(C(c3ccccc3)c3ccccc3)C2)=C(N)N1.N[C@@H](CC(=O)O)C(=O)O. The lowest BCUT2D eigenvalue weighted by Gasteiger charge is -2.44. The summed E-state index contributed by atoms with van der Waals surface area (Å²) in [5.74, 6) is -4.87. The van der Waals surface area contributed by atoms with Crippen LogP contribution >= 0.6 is 0 Å². The number of nitrogens with two attached hydrogens (primary N) is 2. The zero-order valence-electron chi connectivity index (χ0n) is 28.8. The zero-order valence-corrected chi connectivity index (χ0v) is 28.8. The molecule has 2 aliphatic rings. The van der Waals surface area contributed by atoms with Gasteiger partial charge in [-0.25, -0.2) is 9.59 Å². The maximum Gasteiger partial charge on any atom is 0.339 e. The number of rotatable bonds is 12. The van der Waals surface area contributed by atoms with Gasteiger partial charge < -0.3 is 36.5 Å². The van der Waals surface area contributed by atoms with Crippen LogP contribution in [0.15, 0.2) is 108 Å². The summed E-state index contributed by atoms with van der Waals surface area (Å²) in [4.78, 5) is 60.0. The van der Waals surface area contributed by atoms with Crippen LogP contribution in [0.5, 0.6) is 0 Å². The molecule has 0 amide bonds. The molecular weight excluding hydrogens is 674 g/mol. The third-order valence-corrected chi connectivity index (χ3v) is 8.25. The number of non-ortho nitro benzene ring substituents is 1. The number of allylic oxidation sites excluding steroid dienone is 1. The van der Waals surface area contributed by atoms with E-state index in [1.807, 2.05) is 36.4 Å². The second kappa shape index (κ2) is 17.2. The molecule has 1 unspecified atom stereocenters. The van der Waals surface area contributed by atoms with E-state index < -0.39 is 59.4 Å². The van der Waals surface area contributed by atoms with E-state index in [0.717, 1.165) is 11.1 Å². The number of dihydropyridines is 1. The lowest BCUT2D eigenvalue weighted by Crippen LogP contribution is -2.54. The number of aliphatic carboxylic acids is 2. The van der Waals surface area contributed by atoms with Crippen LogP contribution in [0, 0.1) is 10.1 Å². The van der Waals surface area contributed by atoms with Crippen LogP contribution < -0.4 is 16.8 Å². The van der Waals surface area contributed by atoms with E-state index in [9.17, 15) is 29.3 Å². The minimum absolute atomic E-state index is 0.00271. The van der Waals surface area contributed by atoms with E-state index in [-0.39, 0.29) is 28.7 Å². The Morgan fingerprint density at radius 1 is 0.923 bits per heavy atom. The highest BCUT2D eigenvalue weighted by Gasteiger charge is 2.42. The molecule has 15 nitrogen and oxygen atoms in total. The van der Waals surface area contributed by atoms with Crippen LogP contribution in [0.1, 0.15) is 55.8 Å². The van der Waals surface area contributed by atoms with Crippen LogP contribution in [-0.4, -0.2) is 75.3 Å². The fourth-order valence-electron chi connectivity index (χ4n) is 5.91. The predicted molar refractivity (Wildman–Crippen MR) is 188 cm³/mol. The van der Waals surface area contributed by atoms with Gasteiger partial charge in [0.1, 0.15) is 18.0 Å². The Bertz CT molecular complexity index is 1820. The van der Waals surface area contributed by atoms with Gasteiger partial charge >= 0.3 is 23.9 Å². The van der Waals surface area contributed by atoms with Crippen molar-refractivity contribution < 1.29 is 43.8 Å². The molecule has 0 saturated carbocycles. The number of hydrogen-bond acceptors (Lipinski definition) is 12. The standard InChI is InChI=1S/C33H34N4O6.C4H7NO4/c1-20(2)42-32(38)27-21(3)35-31(34)29(28(27)24-15-10-16-25(17-24)37(40)41)33(39)43-26-18-36(19-26)30(22-11-6-4-7-12-22)23-13-8-5-9-14-23;5-2(4(8)9)1-3(6)7/h4-17,20,26,28,30,35H,18-19,34H2,1-3H3;2H,1,5H2,(H,6,7)(H,8,9)/t;2-/m.0/s1. The highest BCUT2D eigenvalue weighted by atomic mass is 16.6. The van der Waals surface area contributed by atoms with Gasteiger partial charge in [-0.3, -0.25) is 24.6 Å². The summed E-state index contributed by atoms with van der Waals surface area (Å²) in [7, 11) is 0. The number of nitro benzene ring substituents is 1. The van der Waals surface area contributed by atoms with Crippen molar-refractivity contribution in [3.63, 3.8) is 0 Å². The summed E-state index contributed by atoms with van der Waals surface area (Å²) < 4.78 is 11.5. The highest BCUT2D eigenvalue weighted by Crippen LogP contribution is 2.40. The Balaban J connectivity index is 0.000000595. The molecule has 5 rings (SSSR count). The number of esters is 2. The van der Waals surface area contributed by atoms with Crippen LogP contribution in [0.3, 0.4) is 0 Å². The molecule has 0 radical (unpaired) electrons. The summed E-state index contributed by atoms with van der Waals surface area (Å²) in [5, 5.41) is 30.5. The van der Waals surface area contributed by atoms with Gasteiger partial charge in [-0.1, -0.05) is 72.8 Å². The van der Waals surface area contributed by atoms with E-state index in [2.05, 4.69) is 34.5 Å². The van der Waals surface area contributed by atoms with Crippen LogP contribution in [0.25, 0.3) is 0 Å². The lowest BCUT2D eigenvalue weighted by atomic mass is 9.81. The Hall–Kier alpha value is -6.06. The van der Waals surface area contributed by atoms with Crippen molar-refractivity contribution in [3.8, 4) is 0 Å². The molecule has 2 heterocycles. The molecule has 2 atom stereocenters. The number of nitro groups is 1. The predicted octanol–water partition coefficient (Wildman–Crippen LogP) is 3.57. The first kappa shape index (κ1) is 38.7. The van der Waals surface area contributed by atoms with E-state index in [1.54, 1.807) is 26.8 Å². The van der Waals surface area contributed by atoms with Gasteiger partial charge in [0.15, 0.2) is 0 Å². The number of nitrogens with zero attached hydrogens (tertiary/aromatic N) is 2. The number of likely N-dealkylation sites (tertiary alicyclic amines) is 1. The van der Waals surface area contributed by atoms with Gasteiger partial charge in [0.25, 0.3) is 5.69 Å². The molecule has 274 valence electrons. The second-order valence-electron chi connectivity index (χ2n) is 12.5. The molecule has 0 spiro atoms. The summed E-state index contributed by atoms with van der Waals surface area (Å²) in [5.41, 5.74) is 14.1. The van der Waals surface area contributed by atoms with Gasteiger partial charge in [-0.15, -0.1) is 0 Å². The van der Waals surface area contributed by atoms with Crippen LogP contribution in [-0.2, 0) is 28.7 Å². The van der Waals surface area contributed by atoms with Gasteiger partial charge in [-0.2, -0.15) is 0 Å². The smallest absolute Gasteiger partial charge is 0.339 e. The molecule has 0 aliphatic carbocycles. The average Bonchev–Trinajstić information content (AvgIpc) is 3.07. The first-order valence-electron chi connectivity index (χ1n) is 16.4. The van der Waals surface area contributed by atoms with Crippen molar-refractivity contribution in [1.29, 1.82) is 0 Å². The molecule has 0 aromatic heterocycles. The van der Waals surface area contributed by atoms with Gasteiger partial charge in [0, 0.05) is 30.9 Å². The van der Waals surface area contributed by atoms with E-state index >= 15 is 0 Å². The largest absolute Gasteiger partial charge is 0.481 e. The maximum absolute atomic E-state index is 13.8. The number of benzene rings is 3. The molecule has 1 fully saturated rings. The average molecular weight is 716 g/mol. The fraction of sp³-hybridized carbons (Fsp3) is 0.297. The Labute approximate surface area is 299 Å². The third-order valence-electron chi connectivity index (χ3n) is 8.25. The normalized spacial score (nSPS) is 16.6. The van der Waals surface area contributed by atoms with Crippen LogP contribution in [0.4, 0.5) is 5.69 Å². The number of carbonyl (C=O) groups is 4. The Kier molecular flexibility index (Phi) is 12.8. The number of hydrogen-bond donors (Lipinski definition) is 5. The maximum atomic E-state index is 13.8. The summed E-state index contributed by atoms with van der Waals surface area (Å²) in [6.07, 6.45) is -1.39. The number of carboxylic acids is 2. The monoisotopic (exact) mass is 715 g/mol. The van der Waals surface area contributed by atoms with E-state index in [4.69, 9.17) is 31.2 Å². The quantitative estimate of drug-likeness (QED) is 0.102. The summed E-state index contributed by atoms with van der Waals surface area (Å²) >= 11 is 0. The van der Waals surface area contributed by atoms with Crippen molar-refractivity contribution in [3.05, 3.63) is 134 Å². The number of nitrogens with one attached hydrogen (secondary N) is 1. The van der Waals surface area contributed by atoms with Gasteiger partial charge in [0.2, 0.25) is 0 Å². The second-order valence-corrected chi connectivity index (χ2v) is 12.5. The van der Waals surface area contributed by atoms with Crippen molar-refractivity contribution in [2.45, 2.75) is 57.4 Å². The third kappa shape index (κ3) is 9.58. The fourth-order valence-corrected chi connectivity index (χ4v) is 5.91. The number of carboxylic acid groups (broad SMARTS) is 2. The minimum Gasteiger partial charge on any atom is -0.481 e. The lowest BCUT2D eigenvalue weighted by molar-refractivity contribution is -0.384.